The normalized spacial score (nSPS) is 11.6. The molecule has 2 aromatic heterocycles. The highest BCUT2D eigenvalue weighted by molar-refractivity contribution is 7.91. The minimum Gasteiger partial charge on any atom is -0.492 e. The monoisotopic (exact) mass is 479 g/mol. The van der Waals surface area contributed by atoms with Gasteiger partial charge in [-0.3, -0.25) is 9.78 Å². The van der Waals surface area contributed by atoms with Gasteiger partial charge in [-0.15, -0.1) is 0 Å². The van der Waals surface area contributed by atoms with Gasteiger partial charge < -0.3 is 19.4 Å². The Morgan fingerprint density at radius 3 is 2.59 bits per heavy atom. The van der Waals surface area contributed by atoms with Crippen LogP contribution in [0.5, 0.6) is 5.75 Å². The van der Waals surface area contributed by atoms with E-state index in [0.717, 1.165) is 17.5 Å². The lowest BCUT2D eigenvalue weighted by molar-refractivity contribution is 0.0925. The molecule has 8 nitrogen and oxygen atoms in total. The third-order valence-corrected chi connectivity index (χ3v) is 6.92. The van der Waals surface area contributed by atoms with Gasteiger partial charge in [0.05, 0.1) is 16.0 Å². The molecular weight excluding hydrogens is 454 g/mol. The molecule has 0 aliphatic carbocycles. The Morgan fingerprint density at radius 1 is 1.06 bits per heavy atom. The number of ether oxygens (including phenoxy) is 1. The number of sulfone groups is 1. The highest BCUT2D eigenvalue weighted by Gasteiger charge is 2.18. The number of likely N-dealkylation sites (N-methyl/N-ethyl adjacent to an activating group) is 1. The standard InChI is InChI=1S/C25H25N3O5S/c1-28(2)12-13-32-20-4-3-5-22(15-20)34(30,31)21-8-6-18(7-9-21)16-27-25(29)23-14-19-10-11-26-17-24(19)33-23/h3-11,14-15,17H,12-13,16H2,1-2H3,(H,27,29). The van der Waals surface area contributed by atoms with Crippen LogP contribution in [0.25, 0.3) is 11.0 Å². The molecule has 34 heavy (non-hydrogen) atoms. The smallest absolute Gasteiger partial charge is 0.287 e. The molecule has 0 fully saturated rings. The van der Waals surface area contributed by atoms with Crippen LogP contribution in [0.1, 0.15) is 16.1 Å². The fourth-order valence-corrected chi connectivity index (χ4v) is 4.56. The van der Waals surface area contributed by atoms with Crippen LogP contribution < -0.4 is 10.1 Å². The maximum Gasteiger partial charge on any atom is 0.287 e. The van der Waals surface area contributed by atoms with Gasteiger partial charge in [0.2, 0.25) is 9.84 Å². The molecule has 176 valence electrons. The SMILES string of the molecule is CN(C)CCOc1cccc(S(=O)(=O)c2ccc(CNC(=O)c3cc4ccncc4o3)cc2)c1. The Labute approximate surface area is 198 Å². The summed E-state index contributed by atoms with van der Waals surface area (Å²) < 4.78 is 37.3. The lowest BCUT2D eigenvalue weighted by atomic mass is 10.2. The van der Waals surface area contributed by atoms with Crippen molar-refractivity contribution in [1.82, 2.24) is 15.2 Å². The summed E-state index contributed by atoms with van der Waals surface area (Å²) in [5.41, 5.74) is 1.29. The molecule has 4 aromatic rings. The summed E-state index contributed by atoms with van der Waals surface area (Å²) in [4.78, 5) is 18.7. The van der Waals surface area contributed by atoms with E-state index in [4.69, 9.17) is 9.15 Å². The zero-order chi connectivity index (χ0) is 24.1. The maximum atomic E-state index is 13.1. The van der Waals surface area contributed by atoms with Crippen molar-refractivity contribution in [1.29, 1.82) is 0 Å². The molecule has 0 radical (unpaired) electrons. The number of hydrogen-bond donors (Lipinski definition) is 1. The molecule has 4 rings (SSSR count). The molecule has 0 saturated heterocycles. The van der Waals surface area contributed by atoms with Gasteiger partial charge in [0.25, 0.3) is 5.91 Å². The van der Waals surface area contributed by atoms with Crippen molar-refractivity contribution in [3.05, 3.63) is 84.4 Å². The quantitative estimate of drug-likeness (QED) is 0.392. The average molecular weight is 480 g/mol. The Hall–Kier alpha value is -3.69. The number of pyridine rings is 1. The lowest BCUT2D eigenvalue weighted by Gasteiger charge is -2.12. The third kappa shape index (κ3) is 5.44. The number of carbonyl (C=O) groups excluding carboxylic acids is 1. The fraction of sp³-hybridized carbons (Fsp3) is 0.200. The van der Waals surface area contributed by atoms with Gasteiger partial charge in [0.1, 0.15) is 12.4 Å². The van der Waals surface area contributed by atoms with Crippen molar-refractivity contribution in [2.45, 2.75) is 16.3 Å². The number of fused-ring (bicyclic) bond motifs is 1. The summed E-state index contributed by atoms with van der Waals surface area (Å²) in [5, 5.41) is 3.57. The van der Waals surface area contributed by atoms with Gasteiger partial charge in [0.15, 0.2) is 11.3 Å². The number of rotatable bonds is 9. The van der Waals surface area contributed by atoms with E-state index in [-0.39, 0.29) is 28.0 Å². The van der Waals surface area contributed by atoms with Gasteiger partial charge in [-0.25, -0.2) is 8.42 Å². The Morgan fingerprint density at radius 2 is 1.85 bits per heavy atom. The number of furan rings is 1. The summed E-state index contributed by atoms with van der Waals surface area (Å²) in [5.74, 6) is 0.331. The molecule has 2 aromatic carbocycles. The maximum absolute atomic E-state index is 13.1. The first-order valence-corrected chi connectivity index (χ1v) is 12.1. The van der Waals surface area contributed by atoms with E-state index in [2.05, 4.69) is 10.3 Å². The number of hydrogen-bond acceptors (Lipinski definition) is 7. The molecule has 0 saturated carbocycles. The van der Waals surface area contributed by atoms with Crippen LogP contribution in [-0.2, 0) is 16.4 Å². The van der Waals surface area contributed by atoms with Crippen molar-refractivity contribution in [3.63, 3.8) is 0 Å². The number of aromatic nitrogens is 1. The Kier molecular flexibility index (Phi) is 6.95. The summed E-state index contributed by atoms with van der Waals surface area (Å²) in [7, 11) is 0.173. The predicted molar refractivity (Wildman–Crippen MR) is 128 cm³/mol. The highest BCUT2D eigenvalue weighted by atomic mass is 32.2. The van der Waals surface area contributed by atoms with Crippen molar-refractivity contribution < 1.29 is 22.4 Å². The van der Waals surface area contributed by atoms with Crippen LogP contribution in [0.15, 0.2) is 87.3 Å². The van der Waals surface area contributed by atoms with Crippen molar-refractivity contribution >= 4 is 26.7 Å². The molecule has 2 heterocycles. The molecular formula is C25H25N3O5S. The minimum atomic E-state index is -3.71. The van der Waals surface area contributed by atoms with Crippen molar-refractivity contribution in [2.24, 2.45) is 0 Å². The van der Waals surface area contributed by atoms with Crippen LogP contribution in [-0.4, -0.2) is 51.5 Å². The Balaban J connectivity index is 1.41. The summed E-state index contributed by atoms with van der Waals surface area (Å²) in [6.45, 7) is 1.41. The largest absolute Gasteiger partial charge is 0.492 e. The molecule has 1 amide bonds. The number of nitrogens with one attached hydrogen (secondary N) is 1. The molecule has 0 unspecified atom stereocenters. The molecule has 0 spiro atoms. The number of nitrogens with zero attached hydrogens (tertiary/aromatic N) is 2. The highest BCUT2D eigenvalue weighted by Crippen LogP contribution is 2.25. The van der Waals surface area contributed by atoms with Gasteiger partial charge in [-0.05, 0) is 62.1 Å². The number of carbonyl (C=O) groups is 1. The van der Waals surface area contributed by atoms with Crippen molar-refractivity contribution in [2.75, 3.05) is 27.2 Å². The molecule has 0 atom stereocenters. The van der Waals surface area contributed by atoms with E-state index in [1.807, 2.05) is 19.0 Å². The zero-order valence-corrected chi connectivity index (χ0v) is 19.7. The van der Waals surface area contributed by atoms with E-state index >= 15 is 0 Å². The first-order chi connectivity index (χ1) is 16.3. The lowest BCUT2D eigenvalue weighted by Crippen LogP contribution is -2.22. The summed E-state index contributed by atoms with van der Waals surface area (Å²) >= 11 is 0. The second-order valence-electron chi connectivity index (χ2n) is 7.98. The third-order valence-electron chi connectivity index (χ3n) is 5.16. The zero-order valence-electron chi connectivity index (χ0n) is 18.9. The van der Waals surface area contributed by atoms with Crippen LogP contribution in [0.3, 0.4) is 0 Å². The van der Waals surface area contributed by atoms with Crippen LogP contribution in [0.2, 0.25) is 0 Å². The van der Waals surface area contributed by atoms with Gasteiger partial charge in [0, 0.05) is 24.7 Å². The first-order valence-electron chi connectivity index (χ1n) is 10.7. The van der Waals surface area contributed by atoms with Gasteiger partial charge in [-0.1, -0.05) is 18.2 Å². The number of benzene rings is 2. The second-order valence-corrected chi connectivity index (χ2v) is 9.93. The summed E-state index contributed by atoms with van der Waals surface area (Å²) in [6.07, 6.45) is 3.18. The van der Waals surface area contributed by atoms with E-state index < -0.39 is 9.84 Å². The van der Waals surface area contributed by atoms with Crippen molar-refractivity contribution in [3.8, 4) is 5.75 Å². The molecule has 0 aliphatic rings. The molecule has 1 N–H and O–H groups in total. The van der Waals surface area contributed by atoms with Crippen LogP contribution in [0.4, 0.5) is 0 Å². The minimum absolute atomic E-state index is 0.162. The molecule has 9 heteroatoms. The number of amides is 1. The average Bonchev–Trinajstić information content (AvgIpc) is 3.27. The van der Waals surface area contributed by atoms with Crippen LogP contribution >= 0.6 is 0 Å². The van der Waals surface area contributed by atoms with Gasteiger partial charge in [-0.2, -0.15) is 0 Å². The van der Waals surface area contributed by atoms with Crippen LogP contribution in [0, 0.1) is 0 Å². The van der Waals surface area contributed by atoms with E-state index in [9.17, 15) is 13.2 Å². The van der Waals surface area contributed by atoms with E-state index in [1.54, 1.807) is 54.9 Å². The van der Waals surface area contributed by atoms with Gasteiger partial charge >= 0.3 is 0 Å². The van der Waals surface area contributed by atoms with E-state index in [1.165, 1.54) is 18.2 Å². The fourth-order valence-electron chi connectivity index (χ4n) is 3.27. The second kappa shape index (κ2) is 10.1. The first kappa shape index (κ1) is 23.5. The van der Waals surface area contributed by atoms with E-state index in [0.29, 0.717) is 17.9 Å². The molecule has 0 bridgehead atoms. The predicted octanol–water partition coefficient (Wildman–Crippen LogP) is 3.53. The Bertz CT molecular complexity index is 1360. The molecule has 0 aliphatic heterocycles. The topological polar surface area (TPSA) is 102 Å². The summed E-state index contributed by atoms with van der Waals surface area (Å²) in [6, 6.07) is 16.3.